The molecule has 150 valence electrons. The third-order valence-electron chi connectivity index (χ3n) is 5.14. The number of aromatic nitrogens is 2. The Balaban J connectivity index is 2.15. The maximum Gasteiger partial charge on any atom is 0.417 e. The minimum atomic E-state index is -4.46. The Kier molecular flexibility index (Phi) is 4.33. The van der Waals surface area contributed by atoms with Crippen molar-refractivity contribution in [2.24, 2.45) is 0 Å². The Morgan fingerprint density at radius 3 is 2.34 bits per heavy atom. The molecule has 3 nitrogen and oxygen atoms in total. The van der Waals surface area contributed by atoms with Gasteiger partial charge in [-0.05, 0) is 47.4 Å². The predicted octanol–water partition coefficient (Wildman–Crippen LogP) is 6.50. The van der Waals surface area contributed by atoms with E-state index in [1.165, 1.54) is 13.2 Å². The molecular formula is C23H21F3N2O. The molecule has 0 saturated carbocycles. The average Bonchev–Trinajstić information content (AvgIpc) is 3.00. The van der Waals surface area contributed by atoms with Gasteiger partial charge >= 0.3 is 6.18 Å². The van der Waals surface area contributed by atoms with E-state index in [4.69, 9.17) is 4.74 Å². The van der Waals surface area contributed by atoms with Crippen molar-refractivity contribution in [3.05, 3.63) is 65.9 Å². The van der Waals surface area contributed by atoms with E-state index < -0.39 is 11.7 Å². The van der Waals surface area contributed by atoms with E-state index in [1.54, 1.807) is 35.0 Å². The Morgan fingerprint density at radius 1 is 0.931 bits per heavy atom. The Morgan fingerprint density at radius 2 is 1.69 bits per heavy atom. The molecule has 0 aliphatic rings. The molecule has 0 aliphatic heterocycles. The van der Waals surface area contributed by atoms with Crippen molar-refractivity contribution in [2.75, 3.05) is 7.11 Å². The van der Waals surface area contributed by atoms with Gasteiger partial charge in [0, 0.05) is 23.0 Å². The fourth-order valence-electron chi connectivity index (χ4n) is 3.66. The molecule has 0 atom stereocenters. The van der Waals surface area contributed by atoms with Crippen LogP contribution >= 0.6 is 0 Å². The third-order valence-corrected chi connectivity index (χ3v) is 5.14. The van der Waals surface area contributed by atoms with Gasteiger partial charge in [0.1, 0.15) is 11.6 Å². The molecule has 0 saturated heterocycles. The first kappa shape index (κ1) is 19.3. The summed E-state index contributed by atoms with van der Waals surface area (Å²) in [6, 6.07) is 13.2. The zero-order chi connectivity index (χ0) is 21.0. The topological polar surface area (TPSA) is 27.1 Å². The van der Waals surface area contributed by atoms with Crippen LogP contribution in [0.3, 0.4) is 0 Å². The number of hydrogen-bond acceptors (Lipinski definition) is 2. The summed E-state index contributed by atoms with van der Waals surface area (Å²) in [5.41, 5.74) is 1.35. The largest absolute Gasteiger partial charge is 0.497 e. The number of benzene rings is 2. The molecule has 2 heterocycles. The summed E-state index contributed by atoms with van der Waals surface area (Å²) in [4.78, 5) is 4.48. The highest BCUT2D eigenvalue weighted by Crippen LogP contribution is 2.41. The molecule has 4 aromatic rings. The molecule has 2 aromatic heterocycles. The molecule has 0 radical (unpaired) electrons. The second kappa shape index (κ2) is 6.51. The highest BCUT2D eigenvalue weighted by Gasteiger charge is 2.34. The standard InChI is InChI=1S/C23H21F3N2O/c1-22(2,3)14-10-11-27-20(12-14)28-18-7-5-6-17(23(24,25)26)21(18)16-9-8-15(29-4)13-19(16)28/h5-13H,1-4H3. The van der Waals surface area contributed by atoms with Crippen molar-refractivity contribution in [1.29, 1.82) is 0 Å². The van der Waals surface area contributed by atoms with Crippen LogP contribution in [0.4, 0.5) is 13.2 Å². The maximum atomic E-state index is 13.8. The van der Waals surface area contributed by atoms with Gasteiger partial charge in [-0.15, -0.1) is 0 Å². The number of hydrogen-bond donors (Lipinski definition) is 0. The van der Waals surface area contributed by atoms with Crippen LogP contribution in [0.1, 0.15) is 31.9 Å². The van der Waals surface area contributed by atoms with Gasteiger partial charge < -0.3 is 4.74 Å². The van der Waals surface area contributed by atoms with E-state index >= 15 is 0 Å². The summed E-state index contributed by atoms with van der Waals surface area (Å²) >= 11 is 0. The lowest BCUT2D eigenvalue weighted by atomic mass is 9.88. The molecule has 4 rings (SSSR count). The number of halogens is 3. The molecule has 2 aromatic carbocycles. The number of rotatable bonds is 2. The second-order valence-electron chi connectivity index (χ2n) is 8.07. The molecule has 0 bridgehead atoms. The van der Waals surface area contributed by atoms with Crippen LogP contribution in [0.2, 0.25) is 0 Å². The SMILES string of the molecule is COc1ccc2c3c(C(F)(F)F)cccc3n(-c3cc(C(C)(C)C)ccn3)c2c1. The predicted molar refractivity (Wildman–Crippen MR) is 109 cm³/mol. The van der Waals surface area contributed by atoms with Gasteiger partial charge in [-0.3, -0.25) is 4.57 Å². The van der Waals surface area contributed by atoms with E-state index in [2.05, 4.69) is 25.8 Å². The van der Waals surface area contributed by atoms with Gasteiger partial charge in [0.25, 0.3) is 0 Å². The number of nitrogens with zero attached hydrogens (tertiary/aromatic N) is 2. The normalized spacial score (nSPS) is 12.7. The van der Waals surface area contributed by atoms with E-state index in [0.29, 0.717) is 28.0 Å². The maximum absolute atomic E-state index is 13.8. The molecule has 0 unspecified atom stereocenters. The van der Waals surface area contributed by atoms with E-state index in [-0.39, 0.29) is 10.8 Å². The molecule has 6 heteroatoms. The zero-order valence-corrected chi connectivity index (χ0v) is 16.6. The number of pyridine rings is 1. The van der Waals surface area contributed by atoms with Crippen molar-refractivity contribution in [1.82, 2.24) is 9.55 Å². The first-order valence-corrected chi connectivity index (χ1v) is 9.26. The number of fused-ring (bicyclic) bond motifs is 3. The van der Waals surface area contributed by atoms with Crippen molar-refractivity contribution < 1.29 is 17.9 Å². The summed E-state index contributed by atoms with van der Waals surface area (Å²) in [6.45, 7) is 6.26. The molecule has 29 heavy (non-hydrogen) atoms. The molecule has 0 amide bonds. The van der Waals surface area contributed by atoms with Gasteiger partial charge in [-0.25, -0.2) is 4.98 Å². The lowest BCUT2D eigenvalue weighted by Gasteiger charge is -2.20. The lowest BCUT2D eigenvalue weighted by molar-refractivity contribution is -0.136. The first-order chi connectivity index (χ1) is 13.6. The molecule has 0 fully saturated rings. The summed E-state index contributed by atoms with van der Waals surface area (Å²) in [7, 11) is 1.54. The number of alkyl halides is 3. The van der Waals surface area contributed by atoms with Gasteiger partial charge in [0.15, 0.2) is 0 Å². The van der Waals surface area contributed by atoms with Crippen molar-refractivity contribution in [2.45, 2.75) is 32.4 Å². The Labute approximate surface area is 166 Å². The van der Waals surface area contributed by atoms with Gasteiger partial charge in [-0.2, -0.15) is 13.2 Å². The first-order valence-electron chi connectivity index (χ1n) is 9.26. The van der Waals surface area contributed by atoms with E-state index in [0.717, 1.165) is 11.6 Å². The van der Waals surface area contributed by atoms with Gasteiger partial charge in [0.2, 0.25) is 0 Å². The van der Waals surface area contributed by atoms with Crippen LogP contribution in [-0.4, -0.2) is 16.7 Å². The number of methoxy groups -OCH3 is 1. The summed E-state index contributed by atoms with van der Waals surface area (Å²) < 4.78 is 48.4. The van der Waals surface area contributed by atoms with Crippen LogP contribution in [0.5, 0.6) is 5.75 Å². The fourth-order valence-corrected chi connectivity index (χ4v) is 3.66. The van der Waals surface area contributed by atoms with Crippen LogP contribution in [0, 0.1) is 0 Å². The molecule has 0 N–H and O–H groups in total. The monoisotopic (exact) mass is 398 g/mol. The minimum Gasteiger partial charge on any atom is -0.497 e. The molecule has 0 spiro atoms. The Bertz CT molecular complexity index is 1220. The molecular weight excluding hydrogens is 377 g/mol. The summed E-state index contributed by atoms with van der Waals surface area (Å²) in [6.07, 6.45) is -2.76. The van der Waals surface area contributed by atoms with Gasteiger partial charge in [-0.1, -0.05) is 26.8 Å². The summed E-state index contributed by atoms with van der Waals surface area (Å²) in [5.74, 6) is 1.15. The quantitative estimate of drug-likeness (QED) is 0.385. The van der Waals surface area contributed by atoms with E-state index in [1.807, 2.05) is 12.1 Å². The number of ether oxygens (including phenoxy) is 1. The minimum absolute atomic E-state index is 0.120. The van der Waals surface area contributed by atoms with Crippen molar-refractivity contribution in [3.8, 4) is 11.6 Å². The highest BCUT2D eigenvalue weighted by molar-refractivity contribution is 6.11. The van der Waals surface area contributed by atoms with Gasteiger partial charge in [0.05, 0.1) is 23.7 Å². The highest BCUT2D eigenvalue weighted by atomic mass is 19.4. The van der Waals surface area contributed by atoms with Crippen LogP contribution in [-0.2, 0) is 11.6 Å². The zero-order valence-electron chi connectivity index (χ0n) is 16.6. The smallest absolute Gasteiger partial charge is 0.417 e. The lowest BCUT2D eigenvalue weighted by Crippen LogP contribution is -2.12. The van der Waals surface area contributed by atoms with E-state index in [9.17, 15) is 13.2 Å². The van der Waals surface area contributed by atoms with Crippen LogP contribution in [0.15, 0.2) is 54.7 Å². The van der Waals surface area contributed by atoms with Crippen molar-refractivity contribution in [3.63, 3.8) is 0 Å². The fraction of sp³-hybridized carbons (Fsp3) is 0.261. The third kappa shape index (κ3) is 3.22. The van der Waals surface area contributed by atoms with Crippen LogP contribution in [0.25, 0.3) is 27.6 Å². The second-order valence-corrected chi connectivity index (χ2v) is 8.07. The van der Waals surface area contributed by atoms with Crippen LogP contribution < -0.4 is 4.74 Å². The van der Waals surface area contributed by atoms with Crippen molar-refractivity contribution >= 4 is 21.8 Å². The Hall–Kier alpha value is -3.02. The molecule has 0 aliphatic carbocycles. The average molecular weight is 398 g/mol. The summed E-state index contributed by atoms with van der Waals surface area (Å²) in [5, 5.41) is 0.678.